The van der Waals surface area contributed by atoms with Gasteiger partial charge in [0.15, 0.2) is 6.61 Å². The molecule has 1 aromatic rings. The minimum absolute atomic E-state index is 0.0236. The third-order valence-corrected chi connectivity index (χ3v) is 4.91. The number of amides is 4. The number of carbonyl (C=O) groups is 4. The number of nitrogens with zero attached hydrogens (tertiary/aromatic N) is 2. The van der Waals surface area contributed by atoms with Crippen LogP contribution < -0.4 is 10.2 Å². The standard InChI is InChI=1S/C16H17N3O5S/c20-13(19-8-6-17-16(19)23)9-24-15(22)5-7-18-11-3-1-2-4-12(11)25-10-14(18)21/h1-4H,5-10H2,(H,17,23). The number of nitrogens with one attached hydrogen (secondary N) is 1. The fourth-order valence-corrected chi connectivity index (χ4v) is 3.54. The number of thioether (sulfide) groups is 1. The molecule has 1 aromatic carbocycles. The number of para-hydroxylation sites is 1. The molecule has 0 unspecified atom stereocenters. The molecule has 0 aromatic heterocycles. The quantitative estimate of drug-likeness (QED) is 0.770. The van der Waals surface area contributed by atoms with Crippen LogP contribution in [-0.2, 0) is 19.1 Å². The summed E-state index contributed by atoms with van der Waals surface area (Å²) >= 11 is 1.47. The molecule has 1 saturated heterocycles. The maximum absolute atomic E-state index is 12.1. The van der Waals surface area contributed by atoms with Gasteiger partial charge in [0.1, 0.15) is 0 Å². The molecule has 132 valence electrons. The van der Waals surface area contributed by atoms with E-state index >= 15 is 0 Å². The number of anilines is 1. The summed E-state index contributed by atoms with van der Waals surface area (Å²) in [5.41, 5.74) is 0.779. The lowest BCUT2D eigenvalue weighted by molar-refractivity contribution is -0.150. The molecular weight excluding hydrogens is 346 g/mol. The van der Waals surface area contributed by atoms with Crippen LogP contribution in [0.25, 0.3) is 0 Å². The smallest absolute Gasteiger partial charge is 0.324 e. The fourth-order valence-electron chi connectivity index (χ4n) is 2.60. The normalized spacial score (nSPS) is 16.5. The van der Waals surface area contributed by atoms with Crippen LogP contribution in [0.5, 0.6) is 0 Å². The lowest BCUT2D eigenvalue weighted by Crippen LogP contribution is -2.38. The minimum Gasteiger partial charge on any atom is -0.455 e. The predicted octanol–water partition coefficient (Wildman–Crippen LogP) is 0.610. The van der Waals surface area contributed by atoms with Gasteiger partial charge in [0.2, 0.25) is 5.91 Å². The number of urea groups is 1. The van der Waals surface area contributed by atoms with Crippen molar-refractivity contribution >= 4 is 41.3 Å². The van der Waals surface area contributed by atoms with Gasteiger partial charge in [-0.1, -0.05) is 12.1 Å². The van der Waals surface area contributed by atoms with Crippen molar-refractivity contribution in [1.82, 2.24) is 10.2 Å². The Balaban J connectivity index is 1.50. The van der Waals surface area contributed by atoms with Crippen molar-refractivity contribution in [1.29, 1.82) is 0 Å². The Morgan fingerprint density at radius 3 is 2.80 bits per heavy atom. The highest BCUT2D eigenvalue weighted by molar-refractivity contribution is 8.00. The summed E-state index contributed by atoms with van der Waals surface area (Å²) in [4.78, 5) is 50.7. The van der Waals surface area contributed by atoms with Crippen LogP contribution in [0.3, 0.4) is 0 Å². The van der Waals surface area contributed by atoms with E-state index in [0.29, 0.717) is 12.3 Å². The van der Waals surface area contributed by atoms with Gasteiger partial charge in [0.25, 0.3) is 5.91 Å². The van der Waals surface area contributed by atoms with Gasteiger partial charge in [-0.25, -0.2) is 4.79 Å². The van der Waals surface area contributed by atoms with Gasteiger partial charge in [-0.15, -0.1) is 11.8 Å². The molecule has 0 radical (unpaired) electrons. The van der Waals surface area contributed by atoms with Crippen molar-refractivity contribution in [2.24, 2.45) is 0 Å². The second-order valence-corrected chi connectivity index (χ2v) is 6.51. The lowest BCUT2D eigenvalue weighted by Gasteiger charge is -2.28. The number of hydrogen-bond donors (Lipinski definition) is 1. The van der Waals surface area contributed by atoms with E-state index in [1.54, 1.807) is 4.90 Å². The Morgan fingerprint density at radius 1 is 1.24 bits per heavy atom. The highest BCUT2D eigenvalue weighted by Crippen LogP contribution is 2.34. The Bertz CT molecular complexity index is 723. The number of hydrogen-bond acceptors (Lipinski definition) is 6. The van der Waals surface area contributed by atoms with Crippen molar-refractivity contribution in [3.05, 3.63) is 24.3 Å². The summed E-state index contributed by atoms with van der Waals surface area (Å²) in [5.74, 6) is -0.883. The maximum Gasteiger partial charge on any atom is 0.324 e. The molecule has 8 nitrogen and oxygen atoms in total. The van der Waals surface area contributed by atoms with E-state index < -0.39 is 24.5 Å². The van der Waals surface area contributed by atoms with Crippen LogP contribution in [0.4, 0.5) is 10.5 Å². The highest BCUT2D eigenvalue weighted by atomic mass is 32.2. The molecule has 4 amide bonds. The molecule has 2 aliphatic rings. The Kier molecular flexibility index (Phi) is 5.22. The Morgan fingerprint density at radius 2 is 2.04 bits per heavy atom. The SMILES string of the molecule is O=C(CCN1C(=O)CSc2ccccc21)OCC(=O)N1CCNC1=O. The number of fused-ring (bicyclic) bond motifs is 1. The van der Waals surface area contributed by atoms with E-state index in [1.165, 1.54) is 11.8 Å². The number of imide groups is 1. The zero-order chi connectivity index (χ0) is 17.8. The highest BCUT2D eigenvalue weighted by Gasteiger charge is 2.27. The van der Waals surface area contributed by atoms with Crippen molar-refractivity contribution in [2.45, 2.75) is 11.3 Å². The van der Waals surface area contributed by atoms with E-state index in [1.807, 2.05) is 24.3 Å². The monoisotopic (exact) mass is 363 g/mol. The van der Waals surface area contributed by atoms with E-state index in [9.17, 15) is 19.2 Å². The van der Waals surface area contributed by atoms with Crippen molar-refractivity contribution in [3.8, 4) is 0 Å². The fraction of sp³-hybridized carbons (Fsp3) is 0.375. The second-order valence-electron chi connectivity index (χ2n) is 5.49. The predicted molar refractivity (Wildman–Crippen MR) is 90.2 cm³/mol. The molecule has 2 heterocycles. The van der Waals surface area contributed by atoms with Gasteiger partial charge in [0, 0.05) is 24.5 Å². The van der Waals surface area contributed by atoms with Crippen LogP contribution in [0.15, 0.2) is 29.2 Å². The van der Waals surface area contributed by atoms with E-state index in [0.717, 1.165) is 15.5 Å². The molecule has 0 bridgehead atoms. The zero-order valence-corrected chi connectivity index (χ0v) is 14.2. The van der Waals surface area contributed by atoms with Crippen LogP contribution in [0.1, 0.15) is 6.42 Å². The molecular formula is C16H17N3O5S. The first-order valence-corrected chi connectivity index (χ1v) is 8.81. The number of rotatable bonds is 5. The third kappa shape index (κ3) is 3.93. The van der Waals surface area contributed by atoms with Crippen LogP contribution in [-0.4, -0.2) is 60.7 Å². The van der Waals surface area contributed by atoms with Crippen LogP contribution in [0, 0.1) is 0 Å². The first kappa shape index (κ1) is 17.3. The Hall–Kier alpha value is -2.55. The first-order chi connectivity index (χ1) is 12.1. The number of benzene rings is 1. The number of esters is 1. The molecule has 0 aliphatic carbocycles. The average molecular weight is 363 g/mol. The van der Waals surface area contributed by atoms with Gasteiger partial charge in [-0.05, 0) is 12.1 Å². The zero-order valence-electron chi connectivity index (χ0n) is 13.4. The Labute approximate surface area is 148 Å². The number of ether oxygens (including phenoxy) is 1. The lowest BCUT2D eigenvalue weighted by atomic mass is 10.2. The molecule has 1 N–H and O–H groups in total. The largest absolute Gasteiger partial charge is 0.455 e. The molecule has 0 spiro atoms. The summed E-state index contributed by atoms with van der Waals surface area (Å²) in [7, 11) is 0. The van der Waals surface area contributed by atoms with E-state index in [2.05, 4.69) is 5.32 Å². The molecule has 1 fully saturated rings. The van der Waals surface area contributed by atoms with Crippen molar-refractivity contribution in [2.75, 3.05) is 36.9 Å². The number of carbonyl (C=O) groups excluding carboxylic acids is 4. The van der Waals surface area contributed by atoms with Crippen molar-refractivity contribution < 1.29 is 23.9 Å². The summed E-state index contributed by atoms with van der Waals surface area (Å²) in [6, 6.07) is 7.02. The van der Waals surface area contributed by atoms with E-state index in [4.69, 9.17) is 4.74 Å². The summed E-state index contributed by atoms with van der Waals surface area (Å²) in [5, 5.41) is 2.50. The minimum atomic E-state index is -0.587. The molecule has 0 saturated carbocycles. The van der Waals surface area contributed by atoms with Gasteiger partial charge >= 0.3 is 12.0 Å². The first-order valence-electron chi connectivity index (χ1n) is 7.82. The molecule has 9 heteroatoms. The van der Waals surface area contributed by atoms with Crippen molar-refractivity contribution in [3.63, 3.8) is 0 Å². The molecule has 25 heavy (non-hydrogen) atoms. The van der Waals surface area contributed by atoms with E-state index in [-0.39, 0.29) is 25.4 Å². The summed E-state index contributed by atoms with van der Waals surface area (Å²) in [6.07, 6.45) is -0.0236. The maximum atomic E-state index is 12.1. The van der Waals surface area contributed by atoms with Gasteiger partial charge in [0.05, 0.1) is 17.9 Å². The van der Waals surface area contributed by atoms with Crippen LogP contribution in [0.2, 0.25) is 0 Å². The summed E-state index contributed by atoms with van der Waals surface area (Å²) in [6.45, 7) is 0.374. The van der Waals surface area contributed by atoms with Gasteiger partial charge < -0.3 is 15.0 Å². The topological polar surface area (TPSA) is 96.0 Å². The summed E-state index contributed by atoms with van der Waals surface area (Å²) < 4.78 is 4.93. The second kappa shape index (κ2) is 7.56. The van der Waals surface area contributed by atoms with Crippen LogP contribution >= 0.6 is 11.8 Å². The van der Waals surface area contributed by atoms with Gasteiger partial charge in [-0.2, -0.15) is 0 Å². The average Bonchev–Trinajstić information content (AvgIpc) is 3.05. The third-order valence-electron chi connectivity index (χ3n) is 3.86. The molecule has 0 atom stereocenters. The molecule has 3 rings (SSSR count). The molecule has 2 aliphatic heterocycles. The van der Waals surface area contributed by atoms with Gasteiger partial charge in [-0.3, -0.25) is 19.3 Å².